The molecule has 3 heteroatoms. The number of aliphatic hydroxyl groups is 2. The monoisotopic (exact) mass is 166 g/mol. The Hall–Kier alpha value is 0.114. The number of hydrogen-bond donors (Lipinski definition) is 2. The van der Waals surface area contributed by atoms with Gasteiger partial charge in [0, 0.05) is 14.2 Å². The van der Waals surface area contributed by atoms with Crippen molar-refractivity contribution in [2.24, 2.45) is 0 Å². The molecule has 0 aromatic carbocycles. The van der Waals surface area contributed by atoms with Crippen molar-refractivity contribution in [3.05, 3.63) is 26.3 Å². The van der Waals surface area contributed by atoms with Gasteiger partial charge in [0.05, 0.1) is 0 Å². The van der Waals surface area contributed by atoms with Crippen LogP contribution in [-0.4, -0.2) is 24.4 Å². The van der Waals surface area contributed by atoms with Gasteiger partial charge < -0.3 is 23.4 Å². The van der Waals surface area contributed by atoms with Crippen molar-refractivity contribution in [2.45, 2.75) is 0 Å². The molecule has 0 aliphatic heterocycles. The summed E-state index contributed by atoms with van der Waals surface area (Å²) < 4.78 is 0. The Kier molecular flexibility index (Phi) is 124000. The van der Waals surface area contributed by atoms with Crippen LogP contribution in [0.25, 0.3) is 0 Å². The second kappa shape index (κ2) is 31400. The third-order valence-electron chi connectivity index (χ3n) is 0. The third kappa shape index (κ3) is 23200. The first-order chi connectivity index (χ1) is 4.00. The van der Waals surface area contributed by atoms with E-state index in [9.17, 15) is 0 Å². The maximum absolute atomic E-state index is 7.00. The van der Waals surface area contributed by atoms with Crippen LogP contribution < -0.4 is 0 Å². The van der Waals surface area contributed by atoms with E-state index in [-0.39, 0.29) is 21.7 Å². The maximum atomic E-state index is 7.00. The van der Waals surface area contributed by atoms with Crippen LogP contribution in [0.5, 0.6) is 0 Å². The molecule has 0 spiro atoms. The minimum atomic E-state index is 0. The Morgan fingerprint density at radius 3 is 0.778 bits per heavy atom. The van der Waals surface area contributed by atoms with E-state index in [4.69, 9.17) is 10.2 Å². The van der Waals surface area contributed by atoms with Crippen LogP contribution in [0.3, 0.4) is 0 Å². The summed E-state index contributed by atoms with van der Waals surface area (Å²) in [7, 11) is 2.00. The van der Waals surface area contributed by atoms with Gasteiger partial charge in [-0.25, -0.2) is 0 Å². The maximum Gasteiger partial charge on any atom is 2.00 e. The van der Waals surface area contributed by atoms with Crippen LogP contribution in [0.4, 0.5) is 0 Å². The number of rotatable bonds is 0. The van der Waals surface area contributed by atoms with Gasteiger partial charge in [-0.3, -0.25) is 13.2 Å². The zero-order valence-electron chi connectivity index (χ0n) is 5.96. The van der Waals surface area contributed by atoms with Crippen LogP contribution in [0, 0.1) is 13.2 Å². The molecule has 0 aliphatic rings. The fourth-order valence-electron chi connectivity index (χ4n) is 0. The molecular formula is C6H14O2Ti. The minimum Gasteiger partial charge on any atom is -0.521 e. The molecular weight excluding hydrogens is 152 g/mol. The van der Waals surface area contributed by atoms with E-state index in [2.05, 4.69) is 26.3 Å². The molecule has 0 rings (SSSR count). The Labute approximate surface area is 72.8 Å². The van der Waals surface area contributed by atoms with E-state index in [0.29, 0.717) is 0 Å². The zero-order valence-corrected chi connectivity index (χ0v) is 7.52. The van der Waals surface area contributed by atoms with Gasteiger partial charge in [-0.2, -0.15) is 0 Å². The largest absolute Gasteiger partial charge is 2.00 e. The van der Waals surface area contributed by atoms with E-state index >= 15 is 0 Å². The molecule has 2 N–H and O–H groups in total. The average molecular weight is 166 g/mol. The summed E-state index contributed by atoms with van der Waals surface area (Å²) >= 11 is 0. The fourth-order valence-corrected chi connectivity index (χ4v) is 0. The molecule has 0 fully saturated rings. The van der Waals surface area contributed by atoms with Gasteiger partial charge in [-0.05, 0) is 0 Å². The predicted octanol–water partition coefficient (Wildman–Crippen LogP) is 0.425. The molecule has 0 atom stereocenters. The van der Waals surface area contributed by atoms with Crippen LogP contribution in [0.2, 0.25) is 0 Å². The summed E-state index contributed by atoms with van der Waals surface area (Å²) in [5.41, 5.74) is 0. The van der Waals surface area contributed by atoms with Gasteiger partial charge in [-0.1, -0.05) is 0 Å². The minimum absolute atomic E-state index is 0. The summed E-state index contributed by atoms with van der Waals surface area (Å²) in [6.07, 6.45) is 0. The van der Waals surface area contributed by atoms with Crippen molar-refractivity contribution in [3.8, 4) is 0 Å². The molecule has 0 heterocycles. The fraction of sp³-hybridized carbons (Fsp3) is 0.333. The summed E-state index contributed by atoms with van der Waals surface area (Å²) in [5.74, 6) is 0. The molecule has 0 aromatic rings. The second-order valence-corrected chi connectivity index (χ2v) is 0. The van der Waals surface area contributed by atoms with Crippen molar-refractivity contribution < 1.29 is 31.9 Å². The van der Waals surface area contributed by atoms with E-state index in [1.54, 1.807) is 0 Å². The van der Waals surface area contributed by atoms with E-state index < -0.39 is 0 Å². The van der Waals surface area contributed by atoms with E-state index in [1.807, 2.05) is 0 Å². The smallest absolute Gasteiger partial charge is 0.521 e. The van der Waals surface area contributed by atoms with E-state index in [1.165, 1.54) is 0 Å². The van der Waals surface area contributed by atoms with Gasteiger partial charge in [0.2, 0.25) is 0 Å². The molecule has 0 saturated carbocycles. The van der Waals surface area contributed by atoms with Gasteiger partial charge >= 0.3 is 21.7 Å². The molecule has 0 unspecified atom stereocenters. The van der Waals surface area contributed by atoms with Gasteiger partial charge in [0.25, 0.3) is 0 Å². The zero-order chi connectivity index (χ0) is 8.00. The topological polar surface area (TPSA) is 40.5 Å². The molecule has 0 aliphatic carbocycles. The number of hydrogen-bond acceptors (Lipinski definition) is 2. The summed E-state index contributed by atoms with van der Waals surface area (Å²) in [6.45, 7) is 14.0. The Morgan fingerprint density at radius 2 is 0.778 bits per heavy atom. The van der Waals surface area contributed by atoms with Crippen LogP contribution in [-0.2, 0) is 21.7 Å². The molecule has 9 heavy (non-hydrogen) atoms. The summed E-state index contributed by atoms with van der Waals surface area (Å²) in [6, 6.07) is 0. The molecule has 2 nitrogen and oxygen atoms in total. The molecule has 0 saturated heterocycles. The van der Waals surface area contributed by atoms with Gasteiger partial charge in [-0.15, -0.1) is 0 Å². The van der Waals surface area contributed by atoms with Crippen LogP contribution in [0.15, 0.2) is 13.2 Å². The quantitative estimate of drug-likeness (QED) is 0.404. The normalized spacial score (nSPS) is 2.22. The van der Waals surface area contributed by atoms with Crippen molar-refractivity contribution in [2.75, 3.05) is 14.2 Å². The van der Waals surface area contributed by atoms with Gasteiger partial charge in [0.15, 0.2) is 0 Å². The number of aliphatic hydroxyl groups excluding tert-OH is 2. The average Bonchev–Trinajstić information content (AvgIpc) is 2.03. The first-order valence-corrected chi connectivity index (χ1v) is 1.71. The molecule has 0 bridgehead atoms. The van der Waals surface area contributed by atoms with Crippen molar-refractivity contribution in [1.29, 1.82) is 0 Å². The summed E-state index contributed by atoms with van der Waals surface area (Å²) in [5, 5.41) is 14.0. The Balaban J connectivity index is -0.00000000762. The van der Waals surface area contributed by atoms with Gasteiger partial charge in [0.1, 0.15) is 0 Å². The van der Waals surface area contributed by atoms with Crippen LogP contribution >= 0.6 is 0 Å². The van der Waals surface area contributed by atoms with Crippen molar-refractivity contribution in [1.82, 2.24) is 0 Å². The standard InChI is InChI=1S/2C2H3.2CH4O.Ti/c4*1-2;/h2*1H,2H2;2*2H,1H3;/q2*-1;;;+2. The Morgan fingerprint density at radius 1 is 0.778 bits per heavy atom. The molecule has 0 amide bonds. The van der Waals surface area contributed by atoms with Crippen LogP contribution in [0.1, 0.15) is 0 Å². The molecule has 0 aromatic heterocycles. The second-order valence-electron chi connectivity index (χ2n) is 0. The first-order valence-electron chi connectivity index (χ1n) is 1.71. The summed E-state index contributed by atoms with van der Waals surface area (Å²) in [4.78, 5) is 0. The third-order valence-corrected chi connectivity index (χ3v) is 0. The molecule has 0 radical (unpaired) electrons. The SMILES string of the molecule is CO.CO.[CH-]=C.[CH-]=C.[Ti+2]. The predicted molar refractivity (Wildman–Crippen MR) is 36.1 cm³/mol. The molecule has 54 valence electrons. The first kappa shape index (κ1) is 35.5. The Bertz CT molecular complexity index is 13.0. The van der Waals surface area contributed by atoms with E-state index in [0.717, 1.165) is 14.2 Å². The van der Waals surface area contributed by atoms with Crippen molar-refractivity contribution >= 4 is 0 Å². The van der Waals surface area contributed by atoms with Crippen molar-refractivity contribution in [3.63, 3.8) is 0 Å².